The number of ether oxygens (including phenoxy) is 2. The Labute approximate surface area is 113 Å². The topological polar surface area (TPSA) is 18.5 Å². The van der Waals surface area contributed by atoms with E-state index in [0.717, 1.165) is 6.42 Å². The molecule has 0 aromatic heterocycles. The molecule has 0 aliphatic carbocycles. The summed E-state index contributed by atoms with van der Waals surface area (Å²) in [6.07, 6.45) is 4.87. The van der Waals surface area contributed by atoms with Crippen molar-refractivity contribution in [1.82, 2.24) is 0 Å². The minimum absolute atomic E-state index is 0. The molecule has 0 unspecified atom stereocenters. The molecule has 86 valence electrons. The zero-order chi connectivity index (χ0) is 11.0. The van der Waals surface area contributed by atoms with Gasteiger partial charge >= 0.3 is 0 Å². The summed E-state index contributed by atoms with van der Waals surface area (Å²) in [6.45, 7) is 14.6. The molecule has 0 radical (unpaired) electrons. The second-order valence-corrected chi connectivity index (χ2v) is 4.31. The first-order valence-electron chi connectivity index (χ1n) is 4.83. The van der Waals surface area contributed by atoms with Crippen LogP contribution < -0.4 is 0 Å². The maximum atomic E-state index is 5.40. The molecule has 0 amide bonds. The van der Waals surface area contributed by atoms with E-state index in [1.165, 1.54) is 0 Å². The van der Waals surface area contributed by atoms with Crippen LogP contribution in [0.15, 0.2) is 25.3 Å². The third-order valence-electron chi connectivity index (χ3n) is 1.40. The van der Waals surface area contributed by atoms with Gasteiger partial charge in [-0.3, -0.25) is 0 Å². The standard InChI is InChI=1S/C12H21O2.Zr/c1-6-8-13-11(14-9-7-2)10-12(3,4)5;/h6-7H,1-2,8-10H2,3-5H3;/q-1;. The molecular weight excluding hydrogens is 267 g/mol. The van der Waals surface area contributed by atoms with E-state index in [9.17, 15) is 0 Å². The van der Waals surface area contributed by atoms with Crippen LogP contribution in [-0.4, -0.2) is 13.2 Å². The van der Waals surface area contributed by atoms with Gasteiger partial charge in [-0.15, -0.1) is 19.6 Å². The molecule has 0 aromatic rings. The predicted molar refractivity (Wildman–Crippen MR) is 59.6 cm³/mol. The quantitative estimate of drug-likeness (QED) is 0.528. The van der Waals surface area contributed by atoms with Gasteiger partial charge in [0.2, 0.25) is 0 Å². The molecule has 0 spiro atoms. The molecule has 0 aromatic carbocycles. The molecule has 0 atom stereocenters. The fourth-order valence-electron chi connectivity index (χ4n) is 0.880. The van der Waals surface area contributed by atoms with E-state index in [1.54, 1.807) is 12.2 Å². The average molecular weight is 289 g/mol. The third kappa shape index (κ3) is 12.2. The van der Waals surface area contributed by atoms with E-state index < -0.39 is 0 Å². The molecule has 0 saturated carbocycles. The molecule has 2 nitrogen and oxygen atoms in total. The molecule has 3 heteroatoms. The Morgan fingerprint density at radius 3 is 1.73 bits per heavy atom. The van der Waals surface area contributed by atoms with E-state index in [2.05, 4.69) is 33.9 Å². The maximum absolute atomic E-state index is 5.40. The Kier molecular flexibility index (Phi) is 11.2. The van der Waals surface area contributed by atoms with Crippen molar-refractivity contribution in [3.8, 4) is 0 Å². The van der Waals surface area contributed by atoms with Gasteiger partial charge in [-0.05, 0) is 0 Å². The van der Waals surface area contributed by atoms with Gasteiger partial charge in [0.1, 0.15) is 0 Å². The van der Waals surface area contributed by atoms with Gasteiger partial charge in [0.25, 0.3) is 0 Å². The Morgan fingerprint density at radius 1 is 1.07 bits per heavy atom. The van der Waals surface area contributed by atoms with Crippen LogP contribution in [0.3, 0.4) is 0 Å². The van der Waals surface area contributed by atoms with Gasteiger partial charge in [-0.25, -0.2) is 0 Å². The fourth-order valence-corrected chi connectivity index (χ4v) is 0.880. The zero-order valence-corrected chi connectivity index (χ0v) is 12.5. The van der Waals surface area contributed by atoms with Crippen LogP contribution in [0.4, 0.5) is 0 Å². The summed E-state index contributed by atoms with van der Waals surface area (Å²) in [5.74, 6) is 0. The maximum Gasteiger partial charge on any atom is 0.0322 e. The summed E-state index contributed by atoms with van der Waals surface area (Å²) >= 11 is 0. The van der Waals surface area contributed by atoms with Crippen molar-refractivity contribution in [3.63, 3.8) is 0 Å². The van der Waals surface area contributed by atoms with Gasteiger partial charge in [0, 0.05) is 39.4 Å². The predicted octanol–water partition coefficient (Wildman–Crippen LogP) is 3.31. The molecule has 15 heavy (non-hydrogen) atoms. The second kappa shape index (κ2) is 9.50. The Morgan fingerprint density at radius 2 is 1.47 bits per heavy atom. The first-order valence-corrected chi connectivity index (χ1v) is 4.83. The molecule has 0 aliphatic heterocycles. The van der Waals surface area contributed by atoms with Crippen molar-refractivity contribution in [2.45, 2.75) is 27.2 Å². The molecule has 0 aliphatic rings. The Bertz CT molecular complexity index is 161. The summed E-state index contributed by atoms with van der Waals surface area (Å²) in [7, 11) is 0. The summed E-state index contributed by atoms with van der Waals surface area (Å²) in [5.41, 5.74) is 0.164. The van der Waals surface area contributed by atoms with Gasteiger partial charge < -0.3 is 9.47 Å². The smallest absolute Gasteiger partial charge is 0.0322 e. The van der Waals surface area contributed by atoms with Crippen molar-refractivity contribution in [1.29, 1.82) is 0 Å². The van der Waals surface area contributed by atoms with Gasteiger partial charge in [-0.2, -0.15) is 0 Å². The molecule has 0 fully saturated rings. The summed E-state index contributed by atoms with van der Waals surface area (Å²) < 4.78 is 10.8. The van der Waals surface area contributed by atoms with E-state index >= 15 is 0 Å². The Hall–Kier alpha value is 0.283. The average Bonchev–Trinajstić information content (AvgIpc) is 2.07. The van der Waals surface area contributed by atoms with E-state index in [-0.39, 0.29) is 31.6 Å². The van der Waals surface area contributed by atoms with Crippen molar-refractivity contribution < 1.29 is 35.7 Å². The van der Waals surface area contributed by atoms with E-state index in [0.29, 0.717) is 19.5 Å². The molecular formula is C12H21O2Zr-. The van der Waals surface area contributed by atoms with Crippen LogP contribution in [0.5, 0.6) is 0 Å². The molecule has 0 saturated heterocycles. The minimum Gasteiger partial charge on any atom is -0.519 e. The van der Waals surface area contributed by atoms with Crippen molar-refractivity contribution in [3.05, 3.63) is 31.6 Å². The first kappa shape index (κ1) is 17.7. The molecule has 0 heterocycles. The number of hydrogen-bond acceptors (Lipinski definition) is 2. The molecule has 0 bridgehead atoms. The van der Waals surface area contributed by atoms with Crippen LogP contribution in [0.25, 0.3) is 0 Å². The summed E-state index contributed by atoms with van der Waals surface area (Å²) in [5, 5.41) is 0. The third-order valence-corrected chi connectivity index (χ3v) is 1.40. The van der Waals surface area contributed by atoms with E-state index in [4.69, 9.17) is 9.47 Å². The van der Waals surface area contributed by atoms with Crippen molar-refractivity contribution in [2.75, 3.05) is 13.2 Å². The van der Waals surface area contributed by atoms with Crippen molar-refractivity contribution in [2.24, 2.45) is 5.41 Å². The second-order valence-electron chi connectivity index (χ2n) is 4.31. The van der Waals surface area contributed by atoms with Crippen LogP contribution in [0, 0.1) is 11.7 Å². The molecule has 0 N–H and O–H groups in total. The monoisotopic (exact) mass is 287 g/mol. The number of rotatable bonds is 7. The van der Waals surface area contributed by atoms with Crippen molar-refractivity contribution >= 4 is 0 Å². The molecule has 0 rings (SSSR count). The van der Waals surface area contributed by atoms with Gasteiger partial charge in [-0.1, -0.05) is 44.6 Å². The van der Waals surface area contributed by atoms with E-state index in [1.807, 2.05) is 0 Å². The first-order chi connectivity index (χ1) is 6.49. The van der Waals surface area contributed by atoms with Crippen LogP contribution in [0.1, 0.15) is 27.2 Å². The Balaban J connectivity index is 0. The zero-order valence-electron chi connectivity index (χ0n) is 10.0. The largest absolute Gasteiger partial charge is 0.519 e. The minimum atomic E-state index is 0. The summed E-state index contributed by atoms with van der Waals surface area (Å²) in [6, 6.07) is 0. The van der Waals surface area contributed by atoms with Crippen LogP contribution in [-0.2, 0) is 35.7 Å². The van der Waals surface area contributed by atoms with Crippen LogP contribution in [0.2, 0.25) is 0 Å². The normalized spacial score (nSPS) is 10.9. The van der Waals surface area contributed by atoms with Crippen LogP contribution >= 0.6 is 0 Å². The number of hydrogen-bond donors (Lipinski definition) is 0. The fraction of sp³-hybridized carbons (Fsp3) is 0.583. The SMILES string of the molecule is C=CCO[C-](CC(C)(C)C)OCC=C.[Zr]. The van der Waals surface area contributed by atoms with Gasteiger partial charge in [0.15, 0.2) is 0 Å². The summed E-state index contributed by atoms with van der Waals surface area (Å²) in [4.78, 5) is 0. The van der Waals surface area contributed by atoms with Gasteiger partial charge in [0.05, 0.1) is 0 Å².